The maximum absolute atomic E-state index is 14.9. The molecule has 286 valence electrons. The van der Waals surface area contributed by atoms with Crippen LogP contribution in [0.4, 0.5) is 0 Å². The maximum atomic E-state index is 14.9. The summed E-state index contributed by atoms with van der Waals surface area (Å²) in [6.07, 6.45) is -2.92. The molecule has 7 heterocycles. The number of hydrogen-bond acceptors (Lipinski definition) is 15. The molecule has 3 aromatic rings. The van der Waals surface area contributed by atoms with Crippen LogP contribution in [0, 0.1) is 13.8 Å². The Morgan fingerprint density at radius 3 is 2.65 bits per heavy atom. The second-order valence-electron chi connectivity index (χ2n) is 14.6. The van der Waals surface area contributed by atoms with Crippen molar-refractivity contribution in [3.05, 3.63) is 62.7 Å². The summed E-state index contributed by atoms with van der Waals surface area (Å²) in [5.41, 5.74) is 1.94. The average molecular weight is 766 g/mol. The number of likely N-dealkylation sites (N-methyl/N-ethyl adjacent to an activating group) is 1. The molecule has 7 aliphatic heterocycles. The van der Waals surface area contributed by atoms with Crippen molar-refractivity contribution >= 4 is 23.7 Å². The number of esters is 2. The molecule has 0 unspecified atom stereocenters. The Labute approximate surface area is 322 Å². The van der Waals surface area contributed by atoms with Crippen molar-refractivity contribution in [1.29, 1.82) is 1.43 Å². The van der Waals surface area contributed by atoms with Gasteiger partial charge in [0, 0.05) is 50.3 Å². The van der Waals surface area contributed by atoms with Crippen molar-refractivity contribution < 1.29 is 57.5 Å². The number of aromatic hydroxyl groups is 2. The van der Waals surface area contributed by atoms with E-state index in [4.69, 9.17) is 37.7 Å². The Bertz CT molecular complexity index is 2280. The lowest BCUT2D eigenvalue weighted by Crippen LogP contribution is -2.70. The molecule has 1 spiro atoms. The van der Waals surface area contributed by atoms with Crippen LogP contribution in [0.1, 0.15) is 71.5 Å². The number of piperazine rings is 1. The summed E-state index contributed by atoms with van der Waals surface area (Å²) >= 11 is 1.25. The van der Waals surface area contributed by atoms with E-state index in [0.717, 1.165) is 16.4 Å². The van der Waals surface area contributed by atoms with Gasteiger partial charge >= 0.3 is 11.9 Å². The number of ether oxygens (including phenoxy) is 6. The Balaban J connectivity index is 1.33. The summed E-state index contributed by atoms with van der Waals surface area (Å²) < 4.78 is 70.8. The van der Waals surface area contributed by atoms with Gasteiger partial charge in [-0.2, -0.15) is 0 Å². The van der Waals surface area contributed by atoms with E-state index in [9.17, 15) is 21.2 Å². The first-order chi connectivity index (χ1) is 27.6. The smallest absolute Gasteiger partial charge is 0.331 e. The molecule has 7 atom stereocenters. The summed E-state index contributed by atoms with van der Waals surface area (Å²) in [6, 6.07) is 1.97. The third-order valence-electron chi connectivity index (χ3n) is 11.9. The molecule has 0 radical (unpaired) electrons. The fraction of sp³-hybridized carbons (Fsp3) is 0.487. The van der Waals surface area contributed by atoms with Crippen molar-refractivity contribution in [3.8, 4) is 40.2 Å². The fourth-order valence-corrected chi connectivity index (χ4v) is 11.3. The van der Waals surface area contributed by atoms with Gasteiger partial charge in [0.25, 0.3) is 1.43 Å². The van der Waals surface area contributed by atoms with Gasteiger partial charge in [0.15, 0.2) is 40.0 Å². The Morgan fingerprint density at radius 2 is 1.91 bits per heavy atom. The van der Waals surface area contributed by atoms with E-state index in [1.54, 1.807) is 6.92 Å². The summed E-state index contributed by atoms with van der Waals surface area (Å²) in [5.74, 6) is -0.439. The van der Waals surface area contributed by atoms with E-state index in [-0.39, 0.29) is 53.3 Å². The van der Waals surface area contributed by atoms with Crippen molar-refractivity contribution in [1.82, 2.24) is 15.1 Å². The van der Waals surface area contributed by atoms with Gasteiger partial charge < -0.3 is 43.7 Å². The third kappa shape index (κ3) is 4.74. The number of carbonyl (C=O) groups excluding carboxylic acids is 2. The minimum atomic E-state index is -2.16. The van der Waals surface area contributed by atoms with E-state index in [0.29, 0.717) is 45.9 Å². The minimum absolute atomic E-state index is 0.0323. The average Bonchev–Trinajstić information content (AvgIpc) is 3.67. The van der Waals surface area contributed by atoms with Crippen LogP contribution in [0.25, 0.3) is 0 Å². The number of phenols is 2. The molecule has 2 fully saturated rings. The first kappa shape index (κ1) is 30.9. The number of aliphatic hydroxyl groups excluding tert-OH is 1. The topological polar surface area (TPSA) is 169 Å². The van der Waals surface area contributed by atoms with Gasteiger partial charge in [0.2, 0.25) is 6.79 Å². The molecule has 7 aliphatic rings. The molecule has 15 heteroatoms. The molecule has 0 saturated carbocycles. The number of carbonyl (C=O) groups is 2. The number of methoxy groups -OCH3 is 2. The second-order valence-corrected chi connectivity index (χ2v) is 15.7. The number of phenolic OH excluding ortho intramolecular Hbond substituents is 2. The SMILES string of the molecule is [2H]Oc1cc2c(cc1OC)[C@]1(CS[C@H]3c4c(OC(C)=O)c(C)c5c(c4[C@H](COC1=O)N1[C@@H]3[C@H]3c4c(cc(C)c(OC)c4O)C[C@@H]([C@@H]1O)N3C)OCO5)N([2H])CC2([2H])[2H]. The third-order valence-corrected chi connectivity index (χ3v) is 13.4. The van der Waals surface area contributed by atoms with E-state index in [1.165, 1.54) is 45.0 Å². The number of nitrogens with zero attached hydrogens (tertiary/aromatic N) is 2. The molecule has 4 N–H and O–H groups in total. The highest BCUT2D eigenvalue weighted by atomic mass is 32.2. The molecule has 14 nitrogen and oxygen atoms in total. The van der Waals surface area contributed by atoms with Gasteiger partial charge in [-0.1, -0.05) is 6.07 Å². The van der Waals surface area contributed by atoms with Crippen molar-refractivity contribution in [2.75, 3.05) is 47.0 Å². The zero-order valence-electron chi connectivity index (χ0n) is 34.6. The maximum Gasteiger partial charge on any atom is 0.331 e. The van der Waals surface area contributed by atoms with E-state index in [1.807, 2.05) is 29.8 Å². The number of benzene rings is 3. The molecule has 0 aliphatic carbocycles. The molecule has 0 aromatic heterocycles. The van der Waals surface area contributed by atoms with Crippen molar-refractivity contribution in [2.45, 2.75) is 74.7 Å². The summed E-state index contributed by atoms with van der Waals surface area (Å²) in [6.45, 7) is 3.87. The Hall–Kier alpha value is -4.41. The molecule has 2 saturated heterocycles. The number of aryl methyl sites for hydroxylation is 1. The van der Waals surface area contributed by atoms with Gasteiger partial charge in [-0.05, 0) is 68.1 Å². The van der Waals surface area contributed by atoms with E-state index in [2.05, 4.69) is 0 Å². The van der Waals surface area contributed by atoms with Gasteiger partial charge in [0.05, 0.1) is 37.6 Å². The fourth-order valence-electron chi connectivity index (χ4n) is 9.64. The van der Waals surface area contributed by atoms with Crippen molar-refractivity contribution in [3.63, 3.8) is 0 Å². The van der Waals surface area contributed by atoms with Crippen LogP contribution in [0.5, 0.6) is 40.2 Å². The largest absolute Gasteiger partial charge is 0.504 e. The Kier molecular flexibility index (Phi) is 7.18. The summed E-state index contributed by atoms with van der Waals surface area (Å²) in [7, 11) is 4.74. The minimum Gasteiger partial charge on any atom is -0.504 e. The van der Waals surface area contributed by atoms with Crippen LogP contribution < -0.4 is 29.0 Å². The molecular formula is C39H43N3O11S. The van der Waals surface area contributed by atoms with Crippen LogP contribution in [0.15, 0.2) is 18.2 Å². The van der Waals surface area contributed by atoms with Crippen LogP contribution >= 0.6 is 11.8 Å². The number of rotatable bonds is 4. The van der Waals surface area contributed by atoms with Crippen LogP contribution in [-0.4, -0.2) is 104 Å². The zero-order chi connectivity index (χ0) is 41.3. The highest BCUT2D eigenvalue weighted by Crippen LogP contribution is 2.64. The zero-order valence-corrected chi connectivity index (χ0v) is 31.4. The lowest BCUT2D eigenvalue weighted by Gasteiger charge is -2.62. The highest BCUT2D eigenvalue weighted by Gasteiger charge is 2.61. The van der Waals surface area contributed by atoms with Crippen LogP contribution in [-0.2, 0) is 32.7 Å². The number of thioether (sulfide) groups is 1. The standard InChI is InChI=1S/C39H43N3O11S/c1-16-9-20-10-22-37(46)42-23-13-50-38(47)39(21-12-25(48-5)24(44)11-19(21)7-8-40-39)14-54-36(30(42)29(41(22)4)26(20)31(45)32(16)49-6)28-27(23)35-34(51-15-52-35)17(2)33(28)53-18(3)43/h9,11-12,22-23,29-30,36-37,40,44-46H,7-8,10,13-15H2,1-6H3/t22-,23-,29+,30+,36-,37-,39-/m0/s1/i7D2/hD2. The number of hydrogen-bond donors (Lipinski definition) is 4. The van der Waals surface area contributed by atoms with Gasteiger partial charge in [0.1, 0.15) is 20.0 Å². The molecule has 4 bridgehead atoms. The summed E-state index contributed by atoms with van der Waals surface area (Å²) in [4.78, 5) is 31.9. The highest BCUT2D eigenvalue weighted by molar-refractivity contribution is 7.99. The van der Waals surface area contributed by atoms with E-state index < -0.39 is 66.0 Å². The molecule has 54 heavy (non-hydrogen) atoms. The first-order valence-electron chi connectivity index (χ1n) is 19.6. The number of nitrogens with one attached hydrogen (secondary N) is 1. The second kappa shape index (κ2) is 12.6. The number of fused-ring (bicyclic) bond motifs is 9. The first-order valence-corrected chi connectivity index (χ1v) is 18.8. The monoisotopic (exact) mass is 765 g/mol. The molecule has 0 amide bonds. The normalized spacial score (nSPS) is 31.7. The van der Waals surface area contributed by atoms with Crippen LogP contribution in [0.3, 0.4) is 0 Å². The molecular weight excluding hydrogens is 719 g/mol. The van der Waals surface area contributed by atoms with E-state index >= 15 is 0 Å². The predicted octanol–water partition coefficient (Wildman–Crippen LogP) is 3.41. The lowest BCUT2D eigenvalue weighted by molar-refractivity contribution is -0.186. The quantitative estimate of drug-likeness (QED) is 0.225. The van der Waals surface area contributed by atoms with Gasteiger partial charge in [-0.25, -0.2) is 4.79 Å². The predicted molar refractivity (Wildman–Crippen MR) is 195 cm³/mol. The van der Waals surface area contributed by atoms with Crippen molar-refractivity contribution in [2.24, 2.45) is 0 Å². The van der Waals surface area contributed by atoms with Crippen LogP contribution in [0.2, 0.25) is 1.41 Å². The van der Waals surface area contributed by atoms with Gasteiger partial charge in [-0.15, -0.1) is 11.8 Å². The van der Waals surface area contributed by atoms with Gasteiger partial charge in [-0.3, -0.25) is 19.9 Å². The number of aliphatic hydroxyl groups is 1. The molecule has 3 aromatic carbocycles. The lowest BCUT2D eigenvalue weighted by atomic mass is 9.73. The summed E-state index contributed by atoms with van der Waals surface area (Å²) in [5, 5.41) is 29.6. The molecule has 10 rings (SSSR count). The Morgan fingerprint density at radius 1 is 1.11 bits per heavy atom.